The lowest BCUT2D eigenvalue weighted by Crippen LogP contribution is -2.44. The van der Waals surface area contributed by atoms with E-state index >= 15 is 0 Å². The van der Waals surface area contributed by atoms with E-state index in [0.29, 0.717) is 5.56 Å². The Labute approximate surface area is 128 Å². The van der Waals surface area contributed by atoms with Crippen molar-refractivity contribution in [1.29, 1.82) is 0 Å². The van der Waals surface area contributed by atoms with E-state index in [0.717, 1.165) is 0 Å². The molecule has 0 aromatic heterocycles. The van der Waals surface area contributed by atoms with Crippen LogP contribution in [0.15, 0.2) is 24.3 Å². The van der Waals surface area contributed by atoms with Gasteiger partial charge in [-0.3, -0.25) is 0 Å². The van der Waals surface area contributed by atoms with E-state index in [-0.39, 0.29) is 36.4 Å². The van der Waals surface area contributed by atoms with Crippen molar-refractivity contribution in [3.05, 3.63) is 29.8 Å². The molecule has 5 nitrogen and oxygen atoms in total. The third kappa shape index (κ3) is 5.85. The minimum atomic E-state index is -2.89. The SMILES string of the molecule is CC(NC(=O)NC(C)C(C)CO)c1cccc(OC(F)F)c1. The summed E-state index contributed by atoms with van der Waals surface area (Å²) in [6.45, 7) is 2.44. The standard InChI is InChI=1S/C15H22F2N2O3/c1-9(8-20)10(2)18-15(21)19-11(3)12-5-4-6-13(7-12)22-14(16)17/h4-7,9-11,14,20H,8H2,1-3H3,(H2,18,19,21). The molecular formula is C15H22F2N2O3. The highest BCUT2D eigenvalue weighted by Gasteiger charge is 2.16. The number of hydrogen-bond acceptors (Lipinski definition) is 3. The first-order valence-electron chi connectivity index (χ1n) is 7.06. The molecule has 1 aromatic carbocycles. The van der Waals surface area contributed by atoms with E-state index in [1.54, 1.807) is 26.0 Å². The van der Waals surface area contributed by atoms with Gasteiger partial charge in [-0.05, 0) is 37.5 Å². The van der Waals surface area contributed by atoms with Crippen LogP contribution in [0.25, 0.3) is 0 Å². The quantitative estimate of drug-likeness (QED) is 0.724. The number of ether oxygens (including phenoxy) is 1. The molecule has 0 aliphatic heterocycles. The average Bonchev–Trinajstić information content (AvgIpc) is 2.45. The molecule has 0 radical (unpaired) electrons. The minimum absolute atomic E-state index is 0.0238. The van der Waals surface area contributed by atoms with Crippen molar-refractivity contribution in [2.75, 3.05) is 6.61 Å². The highest BCUT2D eigenvalue weighted by atomic mass is 19.3. The lowest BCUT2D eigenvalue weighted by Gasteiger charge is -2.22. The Morgan fingerprint density at radius 3 is 2.55 bits per heavy atom. The summed E-state index contributed by atoms with van der Waals surface area (Å²) in [5, 5.41) is 14.5. The monoisotopic (exact) mass is 316 g/mol. The summed E-state index contributed by atoms with van der Waals surface area (Å²) in [5.41, 5.74) is 0.649. The largest absolute Gasteiger partial charge is 0.435 e. The Morgan fingerprint density at radius 2 is 1.95 bits per heavy atom. The topological polar surface area (TPSA) is 70.6 Å². The number of aliphatic hydroxyl groups is 1. The van der Waals surface area contributed by atoms with Crippen LogP contribution < -0.4 is 15.4 Å². The molecule has 124 valence electrons. The number of carbonyl (C=O) groups is 1. The van der Waals surface area contributed by atoms with Crippen LogP contribution in [0.4, 0.5) is 13.6 Å². The lowest BCUT2D eigenvalue weighted by molar-refractivity contribution is -0.0499. The zero-order valence-corrected chi connectivity index (χ0v) is 12.8. The molecule has 0 heterocycles. The van der Waals surface area contributed by atoms with Crippen LogP contribution in [0, 0.1) is 5.92 Å². The first-order chi connectivity index (χ1) is 10.3. The number of alkyl halides is 2. The summed E-state index contributed by atoms with van der Waals surface area (Å²) in [7, 11) is 0. The van der Waals surface area contributed by atoms with E-state index < -0.39 is 6.61 Å². The fourth-order valence-corrected chi connectivity index (χ4v) is 1.79. The number of halogens is 2. The van der Waals surface area contributed by atoms with E-state index in [2.05, 4.69) is 15.4 Å². The molecule has 0 spiro atoms. The average molecular weight is 316 g/mol. The van der Waals surface area contributed by atoms with Crippen LogP contribution >= 0.6 is 0 Å². The number of nitrogens with one attached hydrogen (secondary N) is 2. The molecule has 22 heavy (non-hydrogen) atoms. The maximum atomic E-state index is 12.2. The zero-order valence-electron chi connectivity index (χ0n) is 12.8. The van der Waals surface area contributed by atoms with Crippen LogP contribution in [-0.4, -0.2) is 30.4 Å². The first-order valence-corrected chi connectivity index (χ1v) is 7.06. The van der Waals surface area contributed by atoms with Gasteiger partial charge in [0.1, 0.15) is 5.75 Å². The van der Waals surface area contributed by atoms with Crippen molar-refractivity contribution >= 4 is 6.03 Å². The number of benzene rings is 1. The highest BCUT2D eigenvalue weighted by Crippen LogP contribution is 2.20. The third-order valence-electron chi connectivity index (χ3n) is 3.43. The molecule has 0 saturated carbocycles. The van der Waals surface area contributed by atoms with Crippen molar-refractivity contribution in [3.63, 3.8) is 0 Å². The molecule has 0 aliphatic rings. The predicted octanol–water partition coefficient (Wildman–Crippen LogP) is 2.67. The molecule has 1 rings (SSSR count). The second kappa shape index (κ2) is 8.53. The summed E-state index contributed by atoms with van der Waals surface area (Å²) in [4.78, 5) is 11.9. The minimum Gasteiger partial charge on any atom is -0.435 e. The van der Waals surface area contributed by atoms with Gasteiger partial charge < -0.3 is 20.5 Å². The van der Waals surface area contributed by atoms with Crippen molar-refractivity contribution in [1.82, 2.24) is 10.6 Å². The van der Waals surface area contributed by atoms with Crippen LogP contribution in [0.5, 0.6) is 5.75 Å². The van der Waals surface area contributed by atoms with Crippen LogP contribution in [0.3, 0.4) is 0 Å². The number of hydrogen-bond donors (Lipinski definition) is 3. The Balaban J connectivity index is 2.61. The van der Waals surface area contributed by atoms with Crippen molar-refractivity contribution in [2.45, 2.75) is 39.5 Å². The van der Waals surface area contributed by atoms with Gasteiger partial charge in [0.25, 0.3) is 0 Å². The highest BCUT2D eigenvalue weighted by molar-refractivity contribution is 5.74. The number of rotatable bonds is 7. The summed E-state index contributed by atoms with van der Waals surface area (Å²) in [6, 6.07) is 5.22. The van der Waals surface area contributed by atoms with Crippen LogP contribution in [0.1, 0.15) is 32.4 Å². The van der Waals surface area contributed by atoms with Gasteiger partial charge in [-0.1, -0.05) is 19.1 Å². The van der Waals surface area contributed by atoms with Gasteiger partial charge in [-0.2, -0.15) is 8.78 Å². The van der Waals surface area contributed by atoms with Gasteiger partial charge in [0, 0.05) is 12.6 Å². The second-order valence-corrected chi connectivity index (χ2v) is 5.24. The lowest BCUT2D eigenvalue weighted by atomic mass is 10.1. The smallest absolute Gasteiger partial charge is 0.387 e. The van der Waals surface area contributed by atoms with Gasteiger partial charge in [-0.25, -0.2) is 4.79 Å². The maximum Gasteiger partial charge on any atom is 0.387 e. The van der Waals surface area contributed by atoms with E-state index in [4.69, 9.17) is 5.11 Å². The molecule has 1 aromatic rings. The van der Waals surface area contributed by atoms with Crippen molar-refractivity contribution in [3.8, 4) is 5.75 Å². The van der Waals surface area contributed by atoms with E-state index in [1.165, 1.54) is 12.1 Å². The first kappa shape index (κ1) is 18.2. The molecule has 3 unspecified atom stereocenters. The van der Waals surface area contributed by atoms with E-state index in [9.17, 15) is 13.6 Å². The third-order valence-corrected chi connectivity index (χ3v) is 3.43. The fraction of sp³-hybridized carbons (Fsp3) is 0.533. The van der Waals surface area contributed by atoms with Crippen LogP contribution in [0.2, 0.25) is 0 Å². The molecule has 0 fully saturated rings. The molecule has 0 bridgehead atoms. The van der Waals surface area contributed by atoms with Crippen molar-refractivity contribution in [2.24, 2.45) is 5.92 Å². The maximum absolute atomic E-state index is 12.2. The number of amides is 2. The predicted molar refractivity (Wildman–Crippen MR) is 78.9 cm³/mol. The fourth-order valence-electron chi connectivity index (χ4n) is 1.79. The number of urea groups is 1. The molecular weight excluding hydrogens is 294 g/mol. The molecule has 7 heteroatoms. The Morgan fingerprint density at radius 1 is 1.27 bits per heavy atom. The molecule has 0 aliphatic carbocycles. The Kier molecular flexibility index (Phi) is 7.04. The van der Waals surface area contributed by atoms with Gasteiger partial charge in [0.2, 0.25) is 0 Å². The summed E-state index contributed by atoms with van der Waals surface area (Å²) < 4.78 is 28.7. The Bertz CT molecular complexity index is 486. The van der Waals surface area contributed by atoms with E-state index in [1.807, 2.05) is 6.92 Å². The van der Waals surface area contributed by atoms with Gasteiger partial charge in [0.15, 0.2) is 0 Å². The molecule has 3 atom stereocenters. The molecule has 2 amide bonds. The normalized spacial score (nSPS) is 15.0. The molecule has 3 N–H and O–H groups in total. The number of carbonyl (C=O) groups excluding carboxylic acids is 1. The summed E-state index contributed by atoms with van der Waals surface area (Å²) in [6.07, 6.45) is 0. The summed E-state index contributed by atoms with van der Waals surface area (Å²) in [5.74, 6) is -0.0207. The summed E-state index contributed by atoms with van der Waals surface area (Å²) >= 11 is 0. The van der Waals surface area contributed by atoms with Crippen molar-refractivity contribution < 1.29 is 23.4 Å². The Hall–Kier alpha value is -1.89. The molecule has 0 saturated heterocycles. The second-order valence-electron chi connectivity index (χ2n) is 5.24. The van der Waals surface area contributed by atoms with Gasteiger partial charge in [0.05, 0.1) is 6.04 Å². The number of aliphatic hydroxyl groups excluding tert-OH is 1. The van der Waals surface area contributed by atoms with Crippen LogP contribution in [-0.2, 0) is 0 Å². The van der Waals surface area contributed by atoms with Gasteiger partial charge >= 0.3 is 12.6 Å². The zero-order chi connectivity index (χ0) is 16.7. The van der Waals surface area contributed by atoms with Gasteiger partial charge in [-0.15, -0.1) is 0 Å².